The van der Waals surface area contributed by atoms with E-state index in [1.165, 1.54) is 21.6 Å². The highest BCUT2D eigenvalue weighted by Crippen LogP contribution is 2.23. The molecule has 0 radical (unpaired) electrons. The lowest BCUT2D eigenvalue weighted by Crippen LogP contribution is -2.52. The van der Waals surface area contributed by atoms with E-state index in [-0.39, 0.29) is 12.5 Å². The Labute approximate surface area is 150 Å². The molecular formula is C17H22N2O5S. The Kier molecular flexibility index (Phi) is 6.69. The predicted molar refractivity (Wildman–Crippen MR) is 94.1 cm³/mol. The molecule has 1 saturated heterocycles. The molecule has 8 heteroatoms. The Hall–Kier alpha value is -2.22. The van der Waals surface area contributed by atoms with Crippen LogP contribution in [0.15, 0.2) is 30.3 Å². The van der Waals surface area contributed by atoms with E-state index in [4.69, 9.17) is 4.74 Å². The van der Waals surface area contributed by atoms with Crippen LogP contribution in [0.5, 0.6) is 0 Å². The van der Waals surface area contributed by atoms with Crippen molar-refractivity contribution in [3.05, 3.63) is 35.9 Å². The maximum absolute atomic E-state index is 12.6. The van der Waals surface area contributed by atoms with Crippen LogP contribution >= 0.6 is 11.8 Å². The molecule has 0 unspecified atom stereocenters. The molecule has 1 fully saturated rings. The second-order valence-corrected chi connectivity index (χ2v) is 6.66. The Morgan fingerprint density at radius 3 is 2.64 bits per heavy atom. The Morgan fingerprint density at radius 2 is 2.04 bits per heavy atom. The van der Waals surface area contributed by atoms with Crippen LogP contribution in [0.3, 0.4) is 0 Å². The molecule has 2 rings (SSSR count). The number of thioether (sulfide) groups is 1. The van der Waals surface area contributed by atoms with E-state index in [0.717, 1.165) is 5.56 Å². The zero-order valence-electron chi connectivity index (χ0n) is 14.3. The number of carboxylic acids is 1. The molecule has 1 aliphatic heterocycles. The van der Waals surface area contributed by atoms with Gasteiger partial charge in [-0.05, 0) is 19.4 Å². The molecule has 2 amide bonds. The third kappa shape index (κ3) is 4.66. The summed E-state index contributed by atoms with van der Waals surface area (Å²) in [6.07, 6.45) is -0.592. The first-order chi connectivity index (χ1) is 12.0. The summed E-state index contributed by atoms with van der Waals surface area (Å²) in [6.45, 7) is 3.76. The van der Waals surface area contributed by atoms with Crippen LogP contribution in [0.25, 0.3) is 0 Å². The van der Waals surface area contributed by atoms with Gasteiger partial charge in [0.25, 0.3) is 0 Å². The van der Waals surface area contributed by atoms with Gasteiger partial charge in [0, 0.05) is 12.3 Å². The van der Waals surface area contributed by atoms with Crippen LogP contribution in [-0.2, 0) is 20.9 Å². The quantitative estimate of drug-likeness (QED) is 0.829. The molecule has 7 nitrogen and oxygen atoms in total. The second-order valence-electron chi connectivity index (χ2n) is 5.66. The van der Waals surface area contributed by atoms with Crippen molar-refractivity contribution in [3.8, 4) is 0 Å². The number of ether oxygens (including phenoxy) is 1. The number of carbonyl (C=O) groups excluding carboxylic acids is 2. The number of nitrogens with zero attached hydrogens (tertiary/aromatic N) is 2. The summed E-state index contributed by atoms with van der Waals surface area (Å²) in [6, 6.07) is 7.63. The predicted octanol–water partition coefficient (Wildman–Crippen LogP) is 2.02. The Morgan fingerprint density at radius 1 is 1.36 bits per heavy atom. The van der Waals surface area contributed by atoms with Gasteiger partial charge < -0.3 is 14.7 Å². The van der Waals surface area contributed by atoms with Crippen molar-refractivity contribution >= 4 is 29.7 Å². The maximum atomic E-state index is 12.6. The molecule has 1 aromatic carbocycles. The topological polar surface area (TPSA) is 87.2 Å². The van der Waals surface area contributed by atoms with E-state index >= 15 is 0 Å². The molecular weight excluding hydrogens is 344 g/mol. The Bertz CT molecular complexity index is 625. The molecule has 25 heavy (non-hydrogen) atoms. The van der Waals surface area contributed by atoms with Crippen LogP contribution in [0.2, 0.25) is 0 Å². The Balaban J connectivity index is 1.99. The molecule has 0 aromatic heterocycles. The largest absolute Gasteiger partial charge is 0.480 e. The fourth-order valence-corrected chi connectivity index (χ4v) is 3.76. The number of hydrogen-bond acceptors (Lipinski definition) is 5. The number of amides is 2. The van der Waals surface area contributed by atoms with Crippen molar-refractivity contribution in [2.45, 2.75) is 32.5 Å². The number of hydrogen-bond donors (Lipinski definition) is 1. The van der Waals surface area contributed by atoms with E-state index in [2.05, 4.69) is 0 Å². The van der Waals surface area contributed by atoms with Gasteiger partial charge in [-0.15, -0.1) is 11.8 Å². The fourth-order valence-electron chi connectivity index (χ4n) is 2.60. The molecule has 0 aliphatic carbocycles. The van der Waals surface area contributed by atoms with Crippen LogP contribution in [0.4, 0.5) is 4.79 Å². The summed E-state index contributed by atoms with van der Waals surface area (Å²) in [5.74, 6) is -0.731. The van der Waals surface area contributed by atoms with Crippen LogP contribution in [0.1, 0.15) is 19.4 Å². The molecule has 2 atom stereocenters. The van der Waals surface area contributed by atoms with Gasteiger partial charge in [0.05, 0.1) is 5.88 Å². The van der Waals surface area contributed by atoms with E-state index in [0.29, 0.717) is 18.2 Å². The van der Waals surface area contributed by atoms with Gasteiger partial charge in [-0.2, -0.15) is 0 Å². The van der Waals surface area contributed by atoms with Gasteiger partial charge >= 0.3 is 12.1 Å². The van der Waals surface area contributed by atoms with Gasteiger partial charge in [0.2, 0.25) is 5.91 Å². The second kappa shape index (κ2) is 8.75. The van der Waals surface area contributed by atoms with Crippen LogP contribution in [0, 0.1) is 0 Å². The monoisotopic (exact) mass is 366 g/mol. The summed E-state index contributed by atoms with van der Waals surface area (Å²) in [5.41, 5.74) is 0.854. The van der Waals surface area contributed by atoms with Crippen LogP contribution in [-0.4, -0.2) is 63.1 Å². The SMILES string of the molecule is CCN(C(=O)OCc1ccccc1)[C@@H](C)C(=O)N1CSC[C@H]1C(=O)O. The van der Waals surface area contributed by atoms with Crippen molar-refractivity contribution in [2.24, 2.45) is 0 Å². The summed E-state index contributed by atoms with van der Waals surface area (Å²) in [7, 11) is 0. The molecule has 1 aliphatic rings. The number of likely N-dealkylation sites (N-methyl/N-ethyl adjacent to an activating group) is 1. The van der Waals surface area contributed by atoms with Gasteiger partial charge in [-0.3, -0.25) is 9.69 Å². The van der Waals surface area contributed by atoms with Gasteiger partial charge in [0.15, 0.2) is 0 Å². The summed E-state index contributed by atoms with van der Waals surface area (Å²) in [4.78, 5) is 38.9. The number of benzene rings is 1. The van der Waals surface area contributed by atoms with E-state index < -0.39 is 24.1 Å². The van der Waals surface area contributed by atoms with E-state index in [9.17, 15) is 19.5 Å². The summed E-state index contributed by atoms with van der Waals surface area (Å²) >= 11 is 1.39. The molecule has 1 N–H and O–H groups in total. The molecule has 1 aromatic rings. The fraction of sp³-hybridized carbons (Fsp3) is 0.471. The molecule has 0 bridgehead atoms. The van der Waals surface area contributed by atoms with Crippen molar-refractivity contribution in [1.82, 2.24) is 9.80 Å². The number of aliphatic carboxylic acids is 1. The lowest BCUT2D eigenvalue weighted by atomic mass is 10.2. The molecule has 0 spiro atoms. The highest BCUT2D eigenvalue weighted by molar-refractivity contribution is 7.99. The molecule has 136 valence electrons. The first kappa shape index (κ1) is 19.1. The number of carboxylic acid groups (broad SMARTS) is 1. The first-order valence-electron chi connectivity index (χ1n) is 8.04. The molecule has 0 saturated carbocycles. The van der Waals surface area contributed by atoms with Gasteiger partial charge in [0.1, 0.15) is 18.7 Å². The minimum atomic E-state index is -1.03. The third-order valence-electron chi connectivity index (χ3n) is 4.06. The standard InChI is InChI=1S/C17H22N2O5S/c1-3-18(17(23)24-9-13-7-5-4-6-8-13)12(2)15(20)19-11-25-10-14(19)16(21)22/h4-8,12,14H,3,9-11H2,1-2H3,(H,21,22)/t12-,14-/m0/s1. The normalized spacial score (nSPS) is 17.8. The van der Waals surface area contributed by atoms with Gasteiger partial charge in [-0.25, -0.2) is 9.59 Å². The van der Waals surface area contributed by atoms with Crippen molar-refractivity contribution in [1.29, 1.82) is 0 Å². The zero-order valence-corrected chi connectivity index (χ0v) is 15.1. The number of carbonyl (C=O) groups is 3. The highest BCUT2D eigenvalue weighted by Gasteiger charge is 2.38. The van der Waals surface area contributed by atoms with E-state index in [1.54, 1.807) is 13.8 Å². The van der Waals surface area contributed by atoms with Crippen molar-refractivity contribution < 1.29 is 24.2 Å². The lowest BCUT2D eigenvalue weighted by Gasteiger charge is -2.30. The lowest BCUT2D eigenvalue weighted by molar-refractivity contribution is -0.149. The maximum Gasteiger partial charge on any atom is 0.410 e. The average Bonchev–Trinajstić information content (AvgIpc) is 3.10. The van der Waals surface area contributed by atoms with E-state index in [1.807, 2.05) is 30.3 Å². The zero-order chi connectivity index (χ0) is 18.4. The first-order valence-corrected chi connectivity index (χ1v) is 9.19. The number of rotatable bonds is 6. The highest BCUT2D eigenvalue weighted by atomic mass is 32.2. The summed E-state index contributed by atoms with van der Waals surface area (Å²) < 4.78 is 5.28. The average molecular weight is 366 g/mol. The van der Waals surface area contributed by atoms with Crippen molar-refractivity contribution in [3.63, 3.8) is 0 Å². The smallest absolute Gasteiger partial charge is 0.410 e. The van der Waals surface area contributed by atoms with Crippen LogP contribution < -0.4 is 0 Å². The third-order valence-corrected chi connectivity index (χ3v) is 5.07. The minimum absolute atomic E-state index is 0.119. The van der Waals surface area contributed by atoms with Gasteiger partial charge in [-0.1, -0.05) is 30.3 Å². The minimum Gasteiger partial charge on any atom is -0.480 e. The molecule has 1 heterocycles. The summed E-state index contributed by atoms with van der Waals surface area (Å²) in [5, 5.41) is 9.22. The van der Waals surface area contributed by atoms with Crippen molar-refractivity contribution in [2.75, 3.05) is 18.2 Å².